The van der Waals surface area contributed by atoms with Crippen LogP contribution in [0.3, 0.4) is 0 Å². The van der Waals surface area contributed by atoms with Gasteiger partial charge in [-0.05, 0) is 44.9 Å². The lowest BCUT2D eigenvalue weighted by Gasteiger charge is -2.46. The zero-order chi connectivity index (χ0) is 42.5. The van der Waals surface area contributed by atoms with Crippen LogP contribution in [0.5, 0.6) is 0 Å². The summed E-state index contributed by atoms with van der Waals surface area (Å²) in [5.41, 5.74) is 0. The Balaban J connectivity index is 1.92. The van der Waals surface area contributed by atoms with E-state index in [2.05, 4.69) is 31.3 Å². The number of hydrogen-bond acceptors (Lipinski definition) is 13. The van der Waals surface area contributed by atoms with Crippen molar-refractivity contribution in [1.29, 1.82) is 0 Å². The quantitative estimate of drug-likeness (QED) is 0.0334. The average Bonchev–Trinajstić information content (AvgIpc) is 3.22. The van der Waals surface area contributed by atoms with Gasteiger partial charge in [0.2, 0.25) is 5.91 Å². The fourth-order valence-corrected chi connectivity index (χ4v) is 7.34. The van der Waals surface area contributed by atoms with Crippen LogP contribution in [-0.4, -0.2) is 140 Å². The van der Waals surface area contributed by atoms with E-state index in [1.165, 1.54) is 70.6 Å². The third kappa shape index (κ3) is 20.4. The number of unbranched alkanes of at least 4 members (excludes halogenated alkanes) is 18. The van der Waals surface area contributed by atoms with Crippen LogP contribution in [-0.2, 0) is 23.7 Å². The Morgan fingerprint density at radius 1 is 0.603 bits per heavy atom. The van der Waals surface area contributed by atoms with E-state index in [0.29, 0.717) is 6.42 Å². The van der Waals surface area contributed by atoms with Gasteiger partial charge in [-0.1, -0.05) is 128 Å². The summed E-state index contributed by atoms with van der Waals surface area (Å²) >= 11 is 0. The van der Waals surface area contributed by atoms with E-state index in [1.807, 2.05) is 6.08 Å². The second kappa shape index (κ2) is 32.2. The Morgan fingerprint density at radius 2 is 1.09 bits per heavy atom. The molecular formula is C44H81NO13. The zero-order valence-corrected chi connectivity index (χ0v) is 35.5. The van der Waals surface area contributed by atoms with Crippen LogP contribution in [0.25, 0.3) is 0 Å². The molecule has 12 atom stereocenters. The van der Waals surface area contributed by atoms with Crippen LogP contribution in [0.2, 0.25) is 0 Å². The van der Waals surface area contributed by atoms with Crippen LogP contribution in [0.15, 0.2) is 24.3 Å². The standard InChI is InChI=1S/C44H81NO13/c1-3-5-7-9-11-13-15-16-18-20-22-24-26-28-36(49)45-32(33(48)27-25-23-21-19-17-14-12-10-8-6-4-2)31-55-43-41(54)39(52)42(35(30-47)57-43)58-44-40(53)38(51)37(50)34(29-46)56-44/h13,15,25,27,32-35,37-44,46-48,50-54H,3-12,14,16-24,26,28-31H2,1-2H3,(H,45,49)/b15-13-,27-25+. The minimum atomic E-state index is -1.79. The highest BCUT2D eigenvalue weighted by Crippen LogP contribution is 2.30. The number of amides is 1. The predicted molar refractivity (Wildman–Crippen MR) is 221 cm³/mol. The molecule has 2 rings (SSSR count). The Bertz CT molecular complexity index is 1080. The fourth-order valence-electron chi connectivity index (χ4n) is 7.34. The molecule has 58 heavy (non-hydrogen) atoms. The first-order valence-corrected chi connectivity index (χ1v) is 22.6. The monoisotopic (exact) mass is 832 g/mol. The average molecular weight is 832 g/mol. The van der Waals surface area contributed by atoms with Crippen LogP contribution in [0.4, 0.5) is 0 Å². The number of hydrogen-bond donors (Lipinski definition) is 9. The molecule has 2 aliphatic rings. The number of carbonyl (C=O) groups excluding carboxylic acids is 1. The van der Waals surface area contributed by atoms with Gasteiger partial charge in [-0.2, -0.15) is 0 Å². The molecule has 2 heterocycles. The molecule has 0 bridgehead atoms. The topological polar surface area (TPSA) is 228 Å². The van der Waals surface area contributed by atoms with Gasteiger partial charge in [0, 0.05) is 6.42 Å². The van der Waals surface area contributed by atoms with E-state index >= 15 is 0 Å². The van der Waals surface area contributed by atoms with Crippen molar-refractivity contribution in [3.05, 3.63) is 24.3 Å². The van der Waals surface area contributed by atoms with Crippen molar-refractivity contribution in [2.24, 2.45) is 0 Å². The fraction of sp³-hybridized carbons (Fsp3) is 0.886. The zero-order valence-electron chi connectivity index (χ0n) is 35.5. The summed E-state index contributed by atoms with van der Waals surface area (Å²) in [5, 5.41) is 86.3. The van der Waals surface area contributed by atoms with Crippen molar-refractivity contribution in [3.63, 3.8) is 0 Å². The number of ether oxygens (including phenoxy) is 4. The molecule has 0 aromatic rings. The first kappa shape index (κ1) is 52.6. The van der Waals surface area contributed by atoms with E-state index in [1.54, 1.807) is 6.08 Å². The molecule has 12 unspecified atom stereocenters. The van der Waals surface area contributed by atoms with Crippen molar-refractivity contribution < 1.29 is 64.6 Å². The summed E-state index contributed by atoms with van der Waals surface area (Å²) in [4.78, 5) is 13.1. The molecule has 14 nitrogen and oxygen atoms in total. The highest BCUT2D eigenvalue weighted by molar-refractivity contribution is 5.76. The first-order chi connectivity index (χ1) is 28.1. The molecule has 2 fully saturated rings. The Labute approximate surface area is 348 Å². The SMILES string of the molecule is CCCCCC/C=C\CCCCCCCC(=O)NC(COC1OC(CO)C(OC2OC(CO)C(O)C(O)C2O)C(O)C1O)C(O)/C=C/CCCCCCCCCCC. The molecule has 0 aliphatic carbocycles. The first-order valence-electron chi connectivity index (χ1n) is 22.6. The van der Waals surface area contributed by atoms with Crippen LogP contribution in [0, 0.1) is 0 Å². The summed E-state index contributed by atoms with van der Waals surface area (Å²) in [5.74, 6) is -0.252. The highest BCUT2D eigenvalue weighted by atomic mass is 16.7. The molecule has 9 N–H and O–H groups in total. The number of rotatable bonds is 33. The van der Waals surface area contributed by atoms with E-state index < -0.39 is 86.8 Å². The van der Waals surface area contributed by atoms with Crippen molar-refractivity contribution in [1.82, 2.24) is 5.32 Å². The smallest absolute Gasteiger partial charge is 0.220 e. The van der Waals surface area contributed by atoms with E-state index in [4.69, 9.17) is 18.9 Å². The van der Waals surface area contributed by atoms with Crippen molar-refractivity contribution in [2.45, 2.75) is 229 Å². The van der Waals surface area contributed by atoms with Crippen LogP contribution >= 0.6 is 0 Å². The molecule has 0 aromatic carbocycles. The van der Waals surface area contributed by atoms with Crippen LogP contribution in [0.1, 0.15) is 155 Å². The maximum absolute atomic E-state index is 13.1. The summed E-state index contributed by atoms with van der Waals surface area (Å²) in [7, 11) is 0. The summed E-state index contributed by atoms with van der Waals surface area (Å²) in [6.45, 7) is 2.72. The second-order valence-corrected chi connectivity index (χ2v) is 16.2. The number of aliphatic hydroxyl groups excluding tert-OH is 8. The van der Waals surface area contributed by atoms with Gasteiger partial charge in [0.1, 0.15) is 48.8 Å². The van der Waals surface area contributed by atoms with E-state index in [9.17, 15) is 45.6 Å². The molecule has 14 heteroatoms. The summed E-state index contributed by atoms with van der Waals surface area (Å²) in [6.07, 6.45) is 15.1. The largest absolute Gasteiger partial charge is 0.394 e. The lowest BCUT2D eigenvalue weighted by molar-refractivity contribution is -0.359. The van der Waals surface area contributed by atoms with E-state index in [0.717, 1.165) is 57.8 Å². The maximum Gasteiger partial charge on any atom is 0.220 e. The van der Waals surface area contributed by atoms with Gasteiger partial charge in [0.25, 0.3) is 0 Å². The van der Waals surface area contributed by atoms with Crippen LogP contribution < -0.4 is 5.32 Å². The number of carbonyl (C=O) groups is 1. The molecule has 1 amide bonds. The van der Waals surface area contributed by atoms with Crippen molar-refractivity contribution >= 4 is 5.91 Å². The van der Waals surface area contributed by atoms with Crippen molar-refractivity contribution in [2.75, 3.05) is 19.8 Å². The number of aliphatic hydroxyl groups is 8. The van der Waals surface area contributed by atoms with Gasteiger partial charge in [-0.25, -0.2) is 0 Å². The number of nitrogens with one attached hydrogen (secondary N) is 1. The minimum Gasteiger partial charge on any atom is -0.394 e. The van der Waals surface area contributed by atoms with Gasteiger partial charge in [0.05, 0.1) is 32.0 Å². The molecule has 0 radical (unpaired) electrons. The normalized spacial score (nSPS) is 29.0. The molecule has 0 saturated carbocycles. The second-order valence-electron chi connectivity index (χ2n) is 16.2. The van der Waals surface area contributed by atoms with E-state index in [-0.39, 0.29) is 18.9 Å². The molecule has 2 aliphatic heterocycles. The third-order valence-electron chi connectivity index (χ3n) is 11.1. The Kier molecular flexibility index (Phi) is 29.2. The molecule has 0 aromatic heterocycles. The lowest BCUT2D eigenvalue weighted by Crippen LogP contribution is -2.65. The van der Waals surface area contributed by atoms with Crippen molar-refractivity contribution in [3.8, 4) is 0 Å². The predicted octanol–water partition coefficient (Wildman–Crippen LogP) is 4.21. The Morgan fingerprint density at radius 3 is 1.66 bits per heavy atom. The van der Waals surface area contributed by atoms with Gasteiger partial charge in [-0.3, -0.25) is 4.79 Å². The molecular weight excluding hydrogens is 750 g/mol. The molecule has 0 spiro atoms. The van der Waals surface area contributed by atoms with Gasteiger partial charge >= 0.3 is 0 Å². The molecule has 340 valence electrons. The maximum atomic E-state index is 13.1. The Hall–Kier alpha value is -1.53. The van der Waals surface area contributed by atoms with Gasteiger partial charge < -0.3 is 65.1 Å². The summed E-state index contributed by atoms with van der Waals surface area (Å²) in [6, 6.07) is -0.913. The minimum absolute atomic E-state index is 0.252. The lowest BCUT2D eigenvalue weighted by atomic mass is 9.97. The molecule has 2 saturated heterocycles. The highest BCUT2D eigenvalue weighted by Gasteiger charge is 2.50. The third-order valence-corrected chi connectivity index (χ3v) is 11.1. The van der Waals surface area contributed by atoms with Gasteiger partial charge in [0.15, 0.2) is 12.6 Å². The summed E-state index contributed by atoms with van der Waals surface area (Å²) < 4.78 is 22.6. The number of allylic oxidation sites excluding steroid dienone is 3. The van der Waals surface area contributed by atoms with Gasteiger partial charge in [-0.15, -0.1) is 0 Å².